The zero-order valence-corrected chi connectivity index (χ0v) is 14.0. The van der Waals surface area contributed by atoms with Crippen LogP contribution in [0, 0.1) is 0 Å². The maximum absolute atomic E-state index is 12.7. The van der Waals surface area contributed by atoms with Gasteiger partial charge in [-0.05, 0) is 23.1 Å². The molecule has 0 saturated carbocycles. The van der Waals surface area contributed by atoms with Gasteiger partial charge in [0, 0.05) is 10.9 Å². The first-order valence-corrected chi connectivity index (χ1v) is 7.91. The Labute approximate surface area is 149 Å². The number of phenolic OH excluding ortho intramolecular Hbond substituents is 1. The van der Waals surface area contributed by atoms with E-state index >= 15 is 0 Å². The van der Waals surface area contributed by atoms with Crippen molar-refractivity contribution in [2.24, 2.45) is 0 Å². The van der Waals surface area contributed by atoms with Gasteiger partial charge in [0.05, 0.1) is 13.5 Å². The van der Waals surface area contributed by atoms with Gasteiger partial charge in [-0.15, -0.1) is 0 Å². The summed E-state index contributed by atoms with van der Waals surface area (Å²) in [4.78, 5) is 24.3. The summed E-state index contributed by atoms with van der Waals surface area (Å²) in [6.45, 7) is 0. The first-order valence-electron chi connectivity index (χ1n) is 7.91. The van der Waals surface area contributed by atoms with Gasteiger partial charge in [0.15, 0.2) is 0 Å². The van der Waals surface area contributed by atoms with E-state index in [1.54, 1.807) is 36.4 Å². The van der Waals surface area contributed by atoms with Crippen molar-refractivity contribution in [1.82, 2.24) is 0 Å². The quantitative estimate of drug-likeness (QED) is 0.428. The minimum Gasteiger partial charge on any atom is -0.505 e. The van der Waals surface area contributed by atoms with Crippen LogP contribution in [0.4, 0.5) is 5.69 Å². The summed E-state index contributed by atoms with van der Waals surface area (Å²) in [5.74, 6) is -1.46. The number of rotatable bonds is 4. The van der Waals surface area contributed by atoms with Crippen LogP contribution in [0.3, 0.4) is 0 Å². The summed E-state index contributed by atoms with van der Waals surface area (Å²) in [5.41, 5.74) is 0.526. The first-order chi connectivity index (χ1) is 12.5. The SMILES string of the molecule is COC(=O)Cc1ccccc1C(=O)N(O)c1ccc2ccccc2c1O. The Hall–Kier alpha value is -3.38. The van der Waals surface area contributed by atoms with Gasteiger partial charge in [-0.1, -0.05) is 48.5 Å². The van der Waals surface area contributed by atoms with Crippen molar-refractivity contribution in [3.05, 3.63) is 71.8 Å². The molecule has 0 atom stereocenters. The molecular weight excluding hydrogens is 334 g/mol. The topological polar surface area (TPSA) is 87.1 Å². The Morgan fingerprint density at radius 1 is 1.00 bits per heavy atom. The maximum Gasteiger partial charge on any atom is 0.310 e. The van der Waals surface area contributed by atoms with Crippen molar-refractivity contribution in [1.29, 1.82) is 0 Å². The molecule has 2 N–H and O–H groups in total. The number of benzene rings is 3. The molecule has 0 aliphatic carbocycles. The highest BCUT2D eigenvalue weighted by atomic mass is 16.5. The lowest BCUT2D eigenvalue weighted by atomic mass is 10.0. The van der Waals surface area contributed by atoms with Crippen LogP contribution < -0.4 is 5.06 Å². The molecule has 0 aromatic heterocycles. The summed E-state index contributed by atoms with van der Waals surface area (Å²) in [6.07, 6.45) is -0.101. The molecule has 132 valence electrons. The number of carbonyl (C=O) groups excluding carboxylic acids is 2. The van der Waals surface area contributed by atoms with Gasteiger partial charge in [-0.25, -0.2) is 0 Å². The molecule has 1 amide bonds. The van der Waals surface area contributed by atoms with Crippen LogP contribution in [-0.2, 0) is 16.0 Å². The molecule has 3 aromatic carbocycles. The minimum absolute atomic E-state index is 0.0402. The molecule has 6 heteroatoms. The van der Waals surface area contributed by atoms with E-state index in [1.165, 1.54) is 19.2 Å². The number of anilines is 1. The van der Waals surface area contributed by atoms with E-state index in [9.17, 15) is 19.9 Å². The van der Waals surface area contributed by atoms with Crippen molar-refractivity contribution in [3.63, 3.8) is 0 Å². The number of hydrogen-bond acceptors (Lipinski definition) is 5. The van der Waals surface area contributed by atoms with E-state index in [2.05, 4.69) is 4.74 Å². The number of nitrogens with zero attached hydrogens (tertiary/aromatic N) is 1. The van der Waals surface area contributed by atoms with Crippen LogP contribution in [0.2, 0.25) is 0 Å². The van der Waals surface area contributed by atoms with Gasteiger partial charge in [-0.2, -0.15) is 5.06 Å². The van der Waals surface area contributed by atoms with Crippen LogP contribution >= 0.6 is 0 Å². The second kappa shape index (κ2) is 7.25. The fraction of sp³-hybridized carbons (Fsp3) is 0.100. The van der Waals surface area contributed by atoms with Crippen molar-refractivity contribution in [3.8, 4) is 5.75 Å². The second-order valence-corrected chi connectivity index (χ2v) is 5.68. The molecular formula is C20H17NO5. The number of amides is 1. The smallest absolute Gasteiger partial charge is 0.310 e. The molecule has 0 aliphatic rings. The first kappa shape index (κ1) is 17.4. The lowest BCUT2D eigenvalue weighted by molar-refractivity contribution is -0.139. The van der Waals surface area contributed by atoms with Crippen molar-refractivity contribution < 1.29 is 24.6 Å². The van der Waals surface area contributed by atoms with Gasteiger partial charge in [0.1, 0.15) is 11.4 Å². The zero-order chi connectivity index (χ0) is 18.7. The third kappa shape index (κ3) is 3.22. The van der Waals surface area contributed by atoms with Crippen LogP contribution in [0.1, 0.15) is 15.9 Å². The van der Waals surface area contributed by atoms with Crippen molar-refractivity contribution in [2.45, 2.75) is 6.42 Å². The fourth-order valence-electron chi connectivity index (χ4n) is 2.75. The number of esters is 1. The summed E-state index contributed by atoms with van der Waals surface area (Å²) in [6, 6.07) is 16.7. The van der Waals surface area contributed by atoms with Crippen LogP contribution in [-0.4, -0.2) is 29.3 Å². The highest BCUT2D eigenvalue weighted by Gasteiger charge is 2.23. The third-order valence-corrected chi connectivity index (χ3v) is 4.11. The second-order valence-electron chi connectivity index (χ2n) is 5.68. The molecule has 3 aromatic rings. The predicted molar refractivity (Wildman–Crippen MR) is 96.4 cm³/mol. The average Bonchev–Trinajstić information content (AvgIpc) is 2.67. The summed E-state index contributed by atoms with van der Waals surface area (Å²) in [5, 5.41) is 22.5. The summed E-state index contributed by atoms with van der Waals surface area (Å²) >= 11 is 0. The van der Waals surface area contributed by atoms with E-state index in [-0.39, 0.29) is 23.4 Å². The number of fused-ring (bicyclic) bond motifs is 1. The number of ether oxygens (including phenoxy) is 1. The maximum atomic E-state index is 12.7. The molecule has 26 heavy (non-hydrogen) atoms. The van der Waals surface area contributed by atoms with Crippen molar-refractivity contribution in [2.75, 3.05) is 12.2 Å². The molecule has 0 fully saturated rings. The molecule has 0 spiro atoms. The normalized spacial score (nSPS) is 10.5. The molecule has 6 nitrogen and oxygen atoms in total. The third-order valence-electron chi connectivity index (χ3n) is 4.11. The lowest BCUT2D eigenvalue weighted by Crippen LogP contribution is -2.28. The van der Waals surface area contributed by atoms with E-state index < -0.39 is 11.9 Å². The highest BCUT2D eigenvalue weighted by Crippen LogP contribution is 2.35. The summed E-state index contributed by atoms with van der Waals surface area (Å²) < 4.78 is 4.63. The van der Waals surface area contributed by atoms with Crippen LogP contribution in [0.25, 0.3) is 10.8 Å². The van der Waals surface area contributed by atoms with Gasteiger partial charge in [-0.3, -0.25) is 14.8 Å². The Morgan fingerprint density at radius 3 is 2.46 bits per heavy atom. The molecule has 0 unspecified atom stereocenters. The molecule has 0 saturated heterocycles. The van der Waals surface area contributed by atoms with E-state index in [0.717, 1.165) is 5.39 Å². The standard InChI is InChI=1S/C20H17NO5/c1-26-18(22)12-14-7-3-5-9-16(14)20(24)21(25)17-11-10-13-6-2-4-8-15(13)19(17)23/h2-11,23,25H,12H2,1H3. The highest BCUT2D eigenvalue weighted by molar-refractivity contribution is 6.08. The molecule has 0 aliphatic heterocycles. The number of hydroxylamine groups is 1. The molecule has 3 rings (SSSR count). The minimum atomic E-state index is -0.755. The number of aromatic hydroxyl groups is 1. The Kier molecular flexibility index (Phi) is 4.86. The van der Waals surface area contributed by atoms with Crippen molar-refractivity contribution >= 4 is 28.3 Å². The Morgan fingerprint density at radius 2 is 1.69 bits per heavy atom. The average molecular weight is 351 g/mol. The van der Waals surface area contributed by atoms with E-state index in [0.29, 0.717) is 16.0 Å². The Balaban J connectivity index is 1.99. The summed E-state index contributed by atoms with van der Waals surface area (Å²) in [7, 11) is 1.26. The largest absolute Gasteiger partial charge is 0.505 e. The predicted octanol–water partition coefficient (Wildman–Crippen LogP) is 3.30. The van der Waals surface area contributed by atoms with Gasteiger partial charge < -0.3 is 9.84 Å². The monoisotopic (exact) mass is 351 g/mol. The number of hydrogen-bond donors (Lipinski definition) is 2. The molecule has 0 radical (unpaired) electrons. The van der Waals surface area contributed by atoms with Gasteiger partial charge in [0.25, 0.3) is 5.91 Å². The molecule has 0 bridgehead atoms. The van der Waals surface area contributed by atoms with Crippen LogP contribution in [0.15, 0.2) is 60.7 Å². The zero-order valence-electron chi connectivity index (χ0n) is 14.0. The lowest BCUT2D eigenvalue weighted by Gasteiger charge is -2.19. The number of phenols is 1. The van der Waals surface area contributed by atoms with Gasteiger partial charge in [0.2, 0.25) is 0 Å². The molecule has 0 heterocycles. The van der Waals surface area contributed by atoms with E-state index in [1.807, 2.05) is 12.1 Å². The Bertz CT molecular complexity index is 983. The van der Waals surface area contributed by atoms with Crippen LogP contribution in [0.5, 0.6) is 5.75 Å². The fourth-order valence-corrected chi connectivity index (χ4v) is 2.75. The number of carbonyl (C=O) groups is 2. The van der Waals surface area contributed by atoms with Gasteiger partial charge >= 0.3 is 5.97 Å². The van der Waals surface area contributed by atoms with E-state index in [4.69, 9.17) is 0 Å². The number of methoxy groups -OCH3 is 1.